The molecule has 1 aliphatic carbocycles. The normalized spacial score (nSPS) is 21.8. The van der Waals surface area contributed by atoms with E-state index in [0.29, 0.717) is 21.5 Å². The van der Waals surface area contributed by atoms with Crippen LogP contribution in [0.4, 0.5) is 0 Å². The molecule has 2 aliphatic heterocycles. The molecule has 0 amide bonds. The molecule has 2 aromatic heterocycles. The van der Waals surface area contributed by atoms with Crippen molar-refractivity contribution < 1.29 is 19.5 Å². The summed E-state index contributed by atoms with van der Waals surface area (Å²) in [5.74, 6) is -0.626. The van der Waals surface area contributed by atoms with Gasteiger partial charge in [-0.05, 0) is 64.1 Å². The van der Waals surface area contributed by atoms with Crippen LogP contribution < -0.4 is 32.8 Å². The van der Waals surface area contributed by atoms with Gasteiger partial charge in [-0.2, -0.15) is 12.8 Å². The van der Waals surface area contributed by atoms with Crippen molar-refractivity contribution in [1.82, 2.24) is 18.7 Å². The Morgan fingerprint density at radius 1 is 0.490 bits per heavy atom. The molecule has 0 unspecified atom stereocenters. The van der Waals surface area contributed by atoms with Crippen molar-refractivity contribution in [3.63, 3.8) is 0 Å². The van der Waals surface area contributed by atoms with Gasteiger partial charge in [0.05, 0.1) is 37.4 Å². The van der Waals surface area contributed by atoms with E-state index in [-0.39, 0.29) is 64.8 Å². The standard InChI is InChI=1S/C30H28N4O4P2.C8H10.Rh/c1-17-31-27(35)21-11-5-6-12-22(21)28(36)32(31)18(2)39(17)25-15-9-10-16-26(25)40-19(3)33-29(37)23-13-7-8-14-24(23)30(38)34(33)20(40)4;1-2-4-6-8-7-5-3-1;/h5-20H,1-4H3;1,8H,2,4-5,7H2;/q;-2;+2/p+2/t17-,18-,19-,20-;;/m0../s1. The Kier molecular flexibility index (Phi) is 10.4. The molecule has 8 rings (SSSR count). The van der Waals surface area contributed by atoms with E-state index in [0.717, 1.165) is 25.7 Å². The minimum absolute atomic E-state index is 0. The van der Waals surface area contributed by atoms with Gasteiger partial charge in [0.25, 0.3) is 22.2 Å². The van der Waals surface area contributed by atoms with Crippen LogP contribution in [0.3, 0.4) is 0 Å². The van der Waals surface area contributed by atoms with E-state index < -0.39 is 15.8 Å². The monoisotopic (exact) mass is 781 g/mol. The predicted molar refractivity (Wildman–Crippen MR) is 200 cm³/mol. The Morgan fingerprint density at radius 3 is 1.04 bits per heavy atom. The fourth-order valence-corrected chi connectivity index (χ4v) is 15.3. The van der Waals surface area contributed by atoms with Crippen molar-refractivity contribution in [2.24, 2.45) is 0 Å². The average Bonchev–Trinajstić information content (AvgIpc) is 3.50. The Hall–Kier alpha value is -3.50. The molecule has 49 heavy (non-hydrogen) atoms. The van der Waals surface area contributed by atoms with Crippen LogP contribution in [0.1, 0.15) is 76.5 Å². The summed E-state index contributed by atoms with van der Waals surface area (Å²) in [7, 11) is -3.01. The van der Waals surface area contributed by atoms with E-state index in [1.54, 1.807) is 67.3 Å². The quantitative estimate of drug-likeness (QED) is 0.123. The Balaban J connectivity index is 0.000000409. The number of aromatic nitrogens is 4. The van der Waals surface area contributed by atoms with E-state index in [1.165, 1.54) is 10.6 Å². The molecule has 0 fully saturated rings. The molecule has 0 saturated heterocycles. The number of rotatable bonds is 2. The Bertz CT molecular complexity index is 2060. The first kappa shape index (κ1) is 35.3. The van der Waals surface area contributed by atoms with Gasteiger partial charge in [-0.25, -0.2) is 18.7 Å². The van der Waals surface area contributed by atoms with Gasteiger partial charge < -0.3 is 12.2 Å². The van der Waals surface area contributed by atoms with E-state index in [9.17, 15) is 19.2 Å². The topological polar surface area (TPSA) is 88.0 Å². The Labute approximate surface area is 300 Å². The third-order valence-electron chi connectivity index (χ3n) is 10.0. The average molecular weight is 782 g/mol. The molecule has 1 radical (unpaired) electrons. The number of nitrogens with zero attached hydrogens (tertiary/aromatic N) is 4. The molecular formula is C38H40N4O4P2Rh+2. The minimum Gasteiger partial charge on any atom is -0.500 e. The van der Waals surface area contributed by atoms with Crippen LogP contribution >= 0.6 is 15.8 Å². The second-order valence-corrected chi connectivity index (χ2v) is 19.0. The zero-order chi connectivity index (χ0) is 33.7. The third-order valence-corrected chi connectivity index (χ3v) is 17.0. The van der Waals surface area contributed by atoms with Crippen molar-refractivity contribution in [2.75, 3.05) is 0 Å². The molecule has 4 heterocycles. The maximum absolute atomic E-state index is 13.6. The van der Waals surface area contributed by atoms with Crippen molar-refractivity contribution in [3.05, 3.63) is 139 Å². The zero-order valence-electron chi connectivity index (χ0n) is 28.0. The summed E-state index contributed by atoms with van der Waals surface area (Å²) < 4.78 is 6.71. The summed E-state index contributed by atoms with van der Waals surface area (Å²) in [6.07, 6.45) is 15.0. The summed E-state index contributed by atoms with van der Waals surface area (Å²) in [6.45, 7) is 8.21. The van der Waals surface area contributed by atoms with Crippen molar-refractivity contribution in [2.45, 2.75) is 76.5 Å². The molecule has 5 aromatic rings. The van der Waals surface area contributed by atoms with Crippen LogP contribution in [0.15, 0.2) is 104 Å². The first-order valence-corrected chi connectivity index (χ1v) is 20.0. The van der Waals surface area contributed by atoms with Crippen molar-refractivity contribution in [1.29, 1.82) is 0 Å². The first-order chi connectivity index (χ1) is 23.2. The van der Waals surface area contributed by atoms with Gasteiger partial charge in [0.1, 0.15) is 10.6 Å². The summed E-state index contributed by atoms with van der Waals surface area (Å²) in [6, 6.07) is 22.4. The number of fused-ring (bicyclic) bond motifs is 4. The van der Waals surface area contributed by atoms with Crippen LogP contribution in [0.2, 0.25) is 0 Å². The maximum atomic E-state index is 13.6. The molecule has 11 heteroatoms. The smallest absolute Gasteiger partial charge is 0.500 e. The largest absolute Gasteiger partial charge is 2.00 e. The van der Waals surface area contributed by atoms with Gasteiger partial charge >= 0.3 is 19.5 Å². The fraction of sp³-hybridized carbons (Fsp3) is 0.316. The first-order valence-electron chi connectivity index (χ1n) is 16.7. The van der Waals surface area contributed by atoms with Crippen LogP contribution in [0, 0.1) is 12.2 Å². The number of hydrogen-bond donors (Lipinski definition) is 0. The van der Waals surface area contributed by atoms with E-state index in [2.05, 4.69) is 64.1 Å². The van der Waals surface area contributed by atoms with Gasteiger partial charge in [-0.1, -0.05) is 49.2 Å². The SMILES string of the molecule is C[C@H]1n2c(=O)c3ccccc3c(=O)n2[C@H](C)[PH+]1c1ccccc1[PH+]1[C@@H](C)n2c(=O)c3ccccc3c(=O)n2[C@@H]1C.[C-]1=CCC[C-]=CCC1.[Rh+2]. The summed E-state index contributed by atoms with van der Waals surface area (Å²) >= 11 is 0. The van der Waals surface area contributed by atoms with Crippen molar-refractivity contribution in [3.8, 4) is 0 Å². The van der Waals surface area contributed by atoms with E-state index in [1.807, 2.05) is 12.1 Å². The molecule has 0 bridgehead atoms. The number of benzene rings is 3. The van der Waals surface area contributed by atoms with Crippen molar-refractivity contribution >= 4 is 48.0 Å². The summed E-state index contributed by atoms with van der Waals surface area (Å²) in [5, 5.41) is 4.15. The molecule has 3 aromatic carbocycles. The second-order valence-electron chi connectivity index (χ2n) is 12.7. The molecule has 8 nitrogen and oxygen atoms in total. The molecule has 0 spiro atoms. The van der Waals surface area contributed by atoms with Crippen LogP contribution in [0.5, 0.6) is 0 Å². The molecule has 3 aliphatic rings. The predicted octanol–water partition coefficient (Wildman–Crippen LogP) is 6.10. The minimum atomic E-state index is -1.50. The van der Waals surface area contributed by atoms with Crippen LogP contribution in [0.25, 0.3) is 21.5 Å². The number of hydrogen-bond acceptors (Lipinski definition) is 4. The molecule has 4 atom stereocenters. The second kappa shape index (κ2) is 14.4. The molecular weight excluding hydrogens is 741 g/mol. The molecule has 253 valence electrons. The van der Waals surface area contributed by atoms with E-state index >= 15 is 0 Å². The van der Waals surface area contributed by atoms with Gasteiger partial charge in [0.15, 0.2) is 23.1 Å². The zero-order valence-corrected chi connectivity index (χ0v) is 31.6. The third kappa shape index (κ3) is 5.82. The maximum Gasteiger partial charge on any atom is 2.00 e. The summed E-state index contributed by atoms with van der Waals surface area (Å²) in [4.78, 5) is 54.6. The summed E-state index contributed by atoms with van der Waals surface area (Å²) in [5.41, 5.74) is -0.553. The van der Waals surface area contributed by atoms with E-state index in [4.69, 9.17) is 0 Å². The van der Waals surface area contributed by atoms with Crippen LogP contribution in [-0.2, 0) is 19.5 Å². The molecule has 0 N–H and O–H groups in total. The van der Waals surface area contributed by atoms with Gasteiger partial charge in [0, 0.05) is 0 Å². The molecule has 0 saturated carbocycles. The van der Waals surface area contributed by atoms with Crippen LogP contribution in [-0.4, -0.2) is 18.7 Å². The van der Waals surface area contributed by atoms with Gasteiger partial charge in [0.2, 0.25) is 0 Å². The number of allylic oxidation sites excluding steroid dienone is 4. The Morgan fingerprint density at radius 2 is 0.755 bits per heavy atom. The van der Waals surface area contributed by atoms with Gasteiger partial charge in [-0.3, -0.25) is 31.3 Å². The van der Waals surface area contributed by atoms with Gasteiger partial charge in [-0.15, -0.1) is 0 Å². The fourth-order valence-electron chi connectivity index (χ4n) is 7.88.